The van der Waals surface area contributed by atoms with E-state index in [1.165, 1.54) is 29.3 Å². The van der Waals surface area contributed by atoms with Crippen molar-refractivity contribution in [1.29, 1.82) is 5.26 Å². The molecule has 5 heteroatoms. The van der Waals surface area contributed by atoms with Gasteiger partial charge in [-0.15, -0.1) is 0 Å². The van der Waals surface area contributed by atoms with E-state index in [1.54, 1.807) is 12.1 Å². The predicted octanol–water partition coefficient (Wildman–Crippen LogP) is 3.51. The lowest BCUT2D eigenvalue weighted by molar-refractivity contribution is 0.470. The van der Waals surface area contributed by atoms with Crippen LogP contribution in [0.4, 0.5) is 21.5 Å². The maximum Gasteiger partial charge on any atom is 0.143 e. The Hall–Kier alpha value is -2.58. The van der Waals surface area contributed by atoms with Crippen molar-refractivity contribution in [2.24, 2.45) is 5.92 Å². The number of hydrogen-bond acceptors (Lipinski definition) is 4. The average Bonchev–Trinajstić information content (AvgIpc) is 3.11. The number of nitrogens with zero attached hydrogens (tertiary/aromatic N) is 2. The lowest BCUT2D eigenvalue weighted by atomic mass is 9.80. The second-order valence-corrected chi connectivity index (χ2v) is 7.55. The van der Waals surface area contributed by atoms with Gasteiger partial charge in [-0.05, 0) is 54.2 Å². The van der Waals surface area contributed by atoms with Gasteiger partial charge in [0.2, 0.25) is 0 Å². The predicted molar refractivity (Wildman–Crippen MR) is 100 cm³/mol. The molecule has 0 bridgehead atoms. The molecule has 5 rings (SSSR count). The average molecular weight is 348 g/mol. The van der Waals surface area contributed by atoms with Gasteiger partial charge < -0.3 is 15.5 Å². The van der Waals surface area contributed by atoms with Gasteiger partial charge in [-0.25, -0.2) is 4.39 Å². The number of benzene rings is 2. The van der Waals surface area contributed by atoms with Crippen molar-refractivity contribution in [3.63, 3.8) is 0 Å². The lowest BCUT2D eigenvalue weighted by Gasteiger charge is -2.42. The fourth-order valence-corrected chi connectivity index (χ4v) is 4.87. The van der Waals surface area contributed by atoms with E-state index in [-0.39, 0.29) is 5.56 Å². The lowest BCUT2D eigenvalue weighted by Crippen LogP contribution is -2.41. The number of hydrogen-bond donors (Lipinski definition) is 2. The second-order valence-electron chi connectivity index (χ2n) is 7.55. The molecule has 0 aliphatic carbocycles. The van der Waals surface area contributed by atoms with E-state index >= 15 is 0 Å². The first kappa shape index (κ1) is 15.7. The minimum Gasteiger partial charge on any atom is -0.371 e. The summed E-state index contributed by atoms with van der Waals surface area (Å²) in [5.74, 6) is 0.721. The first-order valence-corrected chi connectivity index (χ1v) is 9.32. The zero-order valence-electron chi connectivity index (χ0n) is 14.6. The molecule has 2 atom stereocenters. The van der Waals surface area contributed by atoms with Crippen molar-refractivity contribution in [2.45, 2.75) is 18.8 Å². The Bertz CT molecular complexity index is 917. The van der Waals surface area contributed by atoms with E-state index in [2.05, 4.69) is 27.7 Å². The van der Waals surface area contributed by atoms with Gasteiger partial charge in [0.15, 0.2) is 0 Å². The van der Waals surface area contributed by atoms with E-state index in [0.29, 0.717) is 17.5 Å². The third kappa shape index (κ3) is 2.37. The highest BCUT2D eigenvalue weighted by Gasteiger charge is 2.38. The molecule has 0 radical (unpaired) electrons. The van der Waals surface area contributed by atoms with Gasteiger partial charge >= 0.3 is 0 Å². The number of nitriles is 1. The third-order valence-electron chi connectivity index (χ3n) is 6.01. The van der Waals surface area contributed by atoms with Gasteiger partial charge in [0.1, 0.15) is 17.4 Å². The van der Waals surface area contributed by atoms with Crippen LogP contribution in [0, 0.1) is 23.1 Å². The first-order chi connectivity index (χ1) is 12.7. The Kier molecular flexibility index (Phi) is 3.61. The van der Waals surface area contributed by atoms with Gasteiger partial charge in [0, 0.05) is 43.5 Å². The Morgan fingerprint density at radius 2 is 2.19 bits per heavy atom. The van der Waals surface area contributed by atoms with Gasteiger partial charge in [-0.1, -0.05) is 6.07 Å². The van der Waals surface area contributed by atoms with Crippen molar-refractivity contribution in [2.75, 3.05) is 36.4 Å². The highest BCUT2D eigenvalue weighted by atomic mass is 19.1. The highest BCUT2D eigenvalue weighted by Crippen LogP contribution is 2.46. The maximum absolute atomic E-state index is 13.9. The van der Waals surface area contributed by atoms with Crippen LogP contribution in [0.5, 0.6) is 0 Å². The van der Waals surface area contributed by atoms with Crippen LogP contribution in [0.1, 0.15) is 29.0 Å². The molecule has 2 N–H and O–H groups in total. The molecule has 3 aliphatic rings. The number of fused-ring (bicyclic) bond motifs is 2. The number of rotatable bonds is 2. The molecule has 0 spiro atoms. The summed E-state index contributed by atoms with van der Waals surface area (Å²) in [5.41, 5.74) is 5.75. The van der Waals surface area contributed by atoms with E-state index in [0.717, 1.165) is 38.3 Å². The van der Waals surface area contributed by atoms with E-state index in [9.17, 15) is 9.65 Å². The molecule has 2 aromatic carbocycles. The quantitative estimate of drug-likeness (QED) is 0.872. The Labute approximate surface area is 152 Å². The van der Waals surface area contributed by atoms with Gasteiger partial charge in [0.25, 0.3) is 0 Å². The Morgan fingerprint density at radius 3 is 3.08 bits per heavy atom. The first-order valence-electron chi connectivity index (χ1n) is 9.32. The van der Waals surface area contributed by atoms with E-state index < -0.39 is 5.82 Å². The molecule has 0 aromatic heterocycles. The largest absolute Gasteiger partial charge is 0.371 e. The van der Waals surface area contributed by atoms with Crippen molar-refractivity contribution in [3.8, 4) is 6.07 Å². The number of aryl methyl sites for hydroxylation is 1. The molecule has 0 amide bonds. The minimum absolute atomic E-state index is 0.0703. The van der Waals surface area contributed by atoms with Crippen LogP contribution in [-0.2, 0) is 6.42 Å². The Morgan fingerprint density at radius 1 is 1.27 bits per heavy atom. The molecule has 2 unspecified atom stereocenters. The fraction of sp³-hybridized carbons (Fsp3) is 0.381. The van der Waals surface area contributed by atoms with Gasteiger partial charge in [0.05, 0.1) is 5.69 Å². The Balaban J connectivity index is 1.59. The van der Waals surface area contributed by atoms with Crippen molar-refractivity contribution in [1.82, 2.24) is 5.32 Å². The smallest absolute Gasteiger partial charge is 0.143 e. The summed E-state index contributed by atoms with van der Waals surface area (Å²) < 4.78 is 13.9. The summed E-state index contributed by atoms with van der Waals surface area (Å²) >= 11 is 0. The van der Waals surface area contributed by atoms with Gasteiger partial charge in [-0.3, -0.25) is 0 Å². The fourth-order valence-electron chi connectivity index (χ4n) is 4.87. The standard InChI is InChI=1S/C21H21FN4/c22-19-4-1-5-20(17(19)9-23)25-15-7-13-3-2-6-26-12-14-10-24-11-18(14)16(8-15)21(13)26/h1,4-5,7-8,14,18,24-25H,2-3,6,10-12H2. The molecule has 3 heterocycles. The van der Waals surface area contributed by atoms with Crippen molar-refractivity contribution < 1.29 is 4.39 Å². The molecule has 4 nitrogen and oxygen atoms in total. The monoisotopic (exact) mass is 348 g/mol. The van der Waals surface area contributed by atoms with Crippen LogP contribution in [0.3, 0.4) is 0 Å². The normalized spacial score (nSPS) is 23.2. The molecule has 1 saturated heterocycles. The summed E-state index contributed by atoms with van der Waals surface area (Å²) in [4.78, 5) is 2.55. The molecule has 0 saturated carbocycles. The maximum atomic E-state index is 13.9. The summed E-state index contributed by atoms with van der Waals surface area (Å²) in [6, 6.07) is 11.1. The van der Waals surface area contributed by atoms with Crippen molar-refractivity contribution in [3.05, 3.63) is 52.8 Å². The number of nitrogens with one attached hydrogen (secondary N) is 2. The van der Waals surface area contributed by atoms with Gasteiger partial charge in [-0.2, -0.15) is 5.26 Å². The zero-order valence-corrected chi connectivity index (χ0v) is 14.6. The van der Waals surface area contributed by atoms with Crippen LogP contribution in [0.2, 0.25) is 0 Å². The molecule has 2 aromatic rings. The molecule has 132 valence electrons. The summed E-state index contributed by atoms with van der Waals surface area (Å²) in [6.45, 7) is 4.39. The van der Waals surface area contributed by atoms with E-state index in [1.807, 2.05) is 6.07 Å². The summed E-state index contributed by atoms with van der Waals surface area (Å²) in [7, 11) is 0. The molecule has 3 aliphatic heterocycles. The molecular weight excluding hydrogens is 327 g/mol. The van der Waals surface area contributed by atoms with Crippen molar-refractivity contribution >= 4 is 17.1 Å². The molecular formula is C21H21FN4. The topological polar surface area (TPSA) is 51.1 Å². The minimum atomic E-state index is -0.483. The van der Waals surface area contributed by atoms with Crippen LogP contribution in [-0.4, -0.2) is 26.2 Å². The number of halogens is 1. The molecule has 1 fully saturated rings. The van der Waals surface area contributed by atoms with Crippen LogP contribution < -0.4 is 15.5 Å². The summed E-state index contributed by atoms with van der Waals surface area (Å²) in [5, 5.41) is 16.1. The SMILES string of the molecule is N#Cc1c(F)cccc1Nc1cc2c3c(c1)C1CNCC1CN3CCC2. The summed E-state index contributed by atoms with van der Waals surface area (Å²) in [6.07, 6.45) is 2.25. The van der Waals surface area contributed by atoms with Crippen LogP contribution in [0.25, 0.3) is 0 Å². The highest BCUT2D eigenvalue weighted by molar-refractivity contribution is 5.74. The third-order valence-corrected chi connectivity index (χ3v) is 6.01. The number of anilines is 3. The van der Waals surface area contributed by atoms with Crippen LogP contribution >= 0.6 is 0 Å². The van der Waals surface area contributed by atoms with E-state index in [4.69, 9.17) is 0 Å². The zero-order chi connectivity index (χ0) is 17.7. The van der Waals surface area contributed by atoms with Crippen LogP contribution in [0.15, 0.2) is 30.3 Å². The second kappa shape index (κ2) is 6.00. The molecule has 26 heavy (non-hydrogen) atoms.